The largest absolute Gasteiger partial charge is 0.478 e. The highest BCUT2D eigenvalue weighted by molar-refractivity contribution is 9.09. The van der Waals surface area contributed by atoms with Crippen molar-refractivity contribution < 1.29 is 9.90 Å². The molecule has 0 aromatic heterocycles. The Morgan fingerprint density at radius 1 is 1.29 bits per heavy atom. The number of alkyl halides is 1. The first-order valence-electron chi connectivity index (χ1n) is 4.49. The monoisotopic (exact) mass is 256 g/mol. The zero-order valence-corrected chi connectivity index (χ0v) is 9.78. The second kappa shape index (κ2) is 4.60. The average Bonchev–Trinajstić information content (AvgIpc) is 2.16. The van der Waals surface area contributed by atoms with Crippen LogP contribution in [0.4, 0.5) is 0 Å². The zero-order chi connectivity index (χ0) is 10.7. The van der Waals surface area contributed by atoms with E-state index in [1.54, 1.807) is 12.1 Å². The number of carbonyl (C=O) groups is 1. The highest BCUT2D eigenvalue weighted by Gasteiger charge is 2.12. The van der Waals surface area contributed by atoms with Gasteiger partial charge in [-0.2, -0.15) is 0 Å². The fourth-order valence-corrected chi connectivity index (χ4v) is 1.50. The van der Waals surface area contributed by atoms with Crippen molar-refractivity contribution >= 4 is 21.9 Å². The van der Waals surface area contributed by atoms with Gasteiger partial charge >= 0.3 is 5.97 Å². The lowest BCUT2D eigenvalue weighted by Crippen LogP contribution is -2.00. The summed E-state index contributed by atoms with van der Waals surface area (Å²) in [5.74, 6) is -0.391. The van der Waals surface area contributed by atoms with E-state index in [0.29, 0.717) is 11.5 Å². The molecule has 1 rings (SSSR count). The van der Waals surface area contributed by atoms with Gasteiger partial charge in [0.1, 0.15) is 0 Å². The second-order valence-electron chi connectivity index (χ2n) is 3.57. The first-order chi connectivity index (χ1) is 6.52. The Balaban J connectivity index is 2.88. The first kappa shape index (κ1) is 11.2. The van der Waals surface area contributed by atoms with E-state index in [4.69, 9.17) is 5.11 Å². The van der Waals surface area contributed by atoms with Crippen LogP contribution in [0.15, 0.2) is 24.3 Å². The van der Waals surface area contributed by atoms with Gasteiger partial charge in [-0.05, 0) is 23.6 Å². The molecule has 0 amide bonds. The Bertz CT molecular complexity index is 317. The van der Waals surface area contributed by atoms with E-state index >= 15 is 0 Å². The Morgan fingerprint density at radius 3 is 2.14 bits per heavy atom. The Morgan fingerprint density at radius 2 is 1.79 bits per heavy atom. The summed E-state index contributed by atoms with van der Waals surface area (Å²) in [6.07, 6.45) is 0. The van der Waals surface area contributed by atoms with Crippen LogP contribution in [0.3, 0.4) is 0 Å². The zero-order valence-electron chi connectivity index (χ0n) is 8.20. The molecule has 0 aliphatic rings. The average molecular weight is 257 g/mol. The van der Waals surface area contributed by atoms with Crippen molar-refractivity contribution in [3.05, 3.63) is 35.4 Å². The summed E-state index contributed by atoms with van der Waals surface area (Å²) < 4.78 is 0. The topological polar surface area (TPSA) is 37.3 Å². The number of benzene rings is 1. The minimum atomic E-state index is -0.882. The molecule has 1 atom stereocenters. The molecular formula is C11H13BrO2. The van der Waals surface area contributed by atoms with Gasteiger partial charge in [0, 0.05) is 4.83 Å². The lowest BCUT2D eigenvalue weighted by Gasteiger charge is -2.13. The van der Waals surface area contributed by atoms with Gasteiger partial charge in [-0.25, -0.2) is 4.79 Å². The number of hydrogen-bond acceptors (Lipinski definition) is 1. The highest BCUT2D eigenvalue weighted by atomic mass is 79.9. The standard InChI is InChI=1S/C11H13BrO2/c1-7(2)10(12)8-3-5-9(6-4-8)11(13)14/h3-7,10H,1-2H3,(H,13,14)/t10-/m1/s1. The summed E-state index contributed by atoms with van der Waals surface area (Å²) in [5, 5.41) is 8.71. The quantitative estimate of drug-likeness (QED) is 0.841. The second-order valence-corrected chi connectivity index (χ2v) is 4.56. The van der Waals surface area contributed by atoms with E-state index in [9.17, 15) is 4.79 Å². The maximum Gasteiger partial charge on any atom is 0.335 e. The molecule has 0 saturated carbocycles. The lowest BCUT2D eigenvalue weighted by molar-refractivity contribution is 0.0697. The van der Waals surface area contributed by atoms with Crippen LogP contribution in [-0.2, 0) is 0 Å². The number of halogens is 1. The van der Waals surface area contributed by atoms with Gasteiger partial charge in [-0.3, -0.25) is 0 Å². The third-order valence-electron chi connectivity index (χ3n) is 2.06. The smallest absolute Gasteiger partial charge is 0.335 e. The normalized spacial score (nSPS) is 12.9. The van der Waals surface area contributed by atoms with E-state index in [1.807, 2.05) is 12.1 Å². The summed E-state index contributed by atoms with van der Waals surface area (Å²) in [7, 11) is 0. The minimum Gasteiger partial charge on any atom is -0.478 e. The van der Waals surface area contributed by atoms with Gasteiger partial charge in [0.2, 0.25) is 0 Å². The number of carboxylic acid groups (broad SMARTS) is 1. The molecule has 0 fully saturated rings. The summed E-state index contributed by atoms with van der Waals surface area (Å²) >= 11 is 3.56. The van der Waals surface area contributed by atoms with Crippen LogP contribution in [0.25, 0.3) is 0 Å². The molecule has 0 aliphatic carbocycles. The van der Waals surface area contributed by atoms with Gasteiger partial charge in [-0.15, -0.1) is 0 Å². The summed E-state index contributed by atoms with van der Waals surface area (Å²) in [6.45, 7) is 4.23. The molecule has 0 unspecified atom stereocenters. The van der Waals surface area contributed by atoms with E-state index in [-0.39, 0.29) is 4.83 Å². The minimum absolute atomic E-state index is 0.283. The Hall–Kier alpha value is -0.830. The van der Waals surface area contributed by atoms with Crippen molar-refractivity contribution in [2.45, 2.75) is 18.7 Å². The van der Waals surface area contributed by atoms with Crippen molar-refractivity contribution in [2.75, 3.05) is 0 Å². The van der Waals surface area contributed by atoms with Gasteiger partial charge in [0.05, 0.1) is 5.56 Å². The van der Waals surface area contributed by atoms with Gasteiger partial charge in [0.25, 0.3) is 0 Å². The van der Waals surface area contributed by atoms with E-state index in [0.717, 1.165) is 5.56 Å². The highest BCUT2D eigenvalue weighted by Crippen LogP contribution is 2.30. The summed E-state index contributed by atoms with van der Waals surface area (Å²) in [5.41, 5.74) is 1.45. The van der Waals surface area contributed by atoms with Crippen LogP contribution in [0, 0.1) is 5.92 Å². The van der Waals surface area contributed by atoms with E-state index < -0.39 is 5.97 Å². The van der Waals surface area contributed by atoms with Crippen molar-refractivity contribution in [3.63, 3.8) is 0 Å². The van der Waals surface area contributed by atoms with E-state index in [1.165, 1.54) is 0 Å². The van der Waals surface area contributed by atoms with Gasteiger partial charge in [-0.1, -0.05) is 41.9 Å². The molecule has 2 nitrogen and oxygen atoms in total. The number of rotatable bonds is 3. The van der Waals surface area contributed by atoms with E-state index in [2.05, 4.69) is 29.8 Å². The molecule has 76 valence electrons. The fraction of sp³-hybridized carbons (Fsp3) is 0.364. The number of carboxylic acids is 1. The lowest BCUT2D eigenvalue weighted by atomic mass is 10.0. The molecule has 14 heavy (non-hydrogen) atoms. The van der Waals surface area contributed by atoms with Crippen LogP contribution in [-0.4, -0.2) is 11.1 Å². The van der Waals surface area contributed by atoms with Crippen LogP contribution in [0.1, 0.15) is 34.6 Å². The molecule has 0 spiro atoms. The predicted molar refractivity (Wildman–Crippen MR) is 59.9 cm³/mol. The molecule has 1 aromatic carbocycles. The van der Waals surface area contributed by atoms with Crippen molar-refractivity contribution in [1.82, 2.24) is 0 Å². The Labute approximate surface area is 92.1 Å². The number of hydrogen-bond donors (Lipinski definition) is 1. The molecular weight excluding hydrogens is 244 g/mol. The fourth-order valence-electron chi connectivity index (χ4n) is 1.19. The third-order valence-corrected chi connectivity index (χ3v) is 3.65. The number of aromatic carboxylic acids is 1. The van der Waals surface area contributed by atoms with Crippen LogP contribution >= 0.6 is 15.9 Å². The van der Waals surface area contributed by atoms with Crippen molar-refractivity contribution in [1.29, 1.82) is 0 Å². The summed E-state index contributed by atoms with van der Waals surface area (Å²) in [4.78, 5) is 10.9. The summed E-state index contributed by atoms with van der Waals surface area (Å²) in [6, 6.07) is 6.97. The first-order valence-corrected chi connectivity index (χ1v) is 5.41. The molecule has 0 saturated heterocycles. The predicted octanol–water partition coefficient (Wildman–Crippen LogP) is 3.48. The SMILES string of the molecule is CC(C)[C@@H](Br)c1ccc(C(=O)O)cc1. The molecule has 1 aromatic rings. The third kappa shape index (κ3) is 2.58. The molecule has 1 N–H and O–H groups in total. The van der Waals surface area contributed by atoms with Crippen molar-refractivity contribution in [3.8, 4) is 0 Å². The van der Waals surface area contributed by atoms with Gasteiger partial charge in [0.15, 0.2) is 0 Å². The Kier molecular flexibility index (Phi) is 3.69. The van der Waals surface area contributed by atoms with Crippen LogP contribution < -0.4 is 0 Å². The van der Waals surface area contributed by atoms with Crippen LogP contribution in [0.5, 0.6) is 0 Å². The van der Waals surface area contributed by atoms with Crippen molar-refractivity contribution in [2.24, 2.45) is 5.92 Å². The molecule has 0 heterocycles. The molecule has 0 bridgehead atoms. The maximum absolute atomic E-state index is 10.6. The van der Waals surface area contributed by atoms with Gasteiger partial charge < -0.3 is 5.11 Å². The molecule has 0 radical (unpaired) electrons. The molecule has 0 aliphatic heterocycles. The maximum atomic E-state index is 10.6. The molecule has 3 heteroatoms. The van der Waals surface area contributed by atoms with Crippen LogP contribution in [0.2, 0.25) is 0 Å².